The van der Waals surface area contributed by atoms with Gasteiger partial charge in [0.2, 0.25) is 5.95 Å². The lowest BCUT2D eigenvalue weighted by atomic mass is 9.78. The number of nitrogens with one attached hydrogen (secondary N) is 2. The van der Waals surface area contributed by atoms with Gasteiger partial charge in [0.1, 0.15) is 5.69 Å². The van der Waals surface area contributed by atoms with Crippen LogP contribution in [0.3, 0.4) is 0 Å². The van der Waals surface area contributed by atoms with Gasteiger partial charge in [-0.2, -0.15) is 0 Å². The monoisotopic (exact) mass is 344 g/mol. The lowest BCUT2D eigenvalue weighted by molar-refractivity contribution is 0.0897. The summed E-state index contributed by atoms with van der Waals surface area (Å²) in [6.45, 7) is 3.54. The number of nitrogens with zero attached hydrogens (tertiary/aromatic N) is 4. The first-order chi connectivity index (χ1) is 12.1. The van der Waals surface area contributed by atoms with Crippen molar-refractivity contribution in [2.45, 2.75) is 44.6 Å². The minimum absolute atomic E-state index is 0.0462. The van der Waals surface area contributed by atoms with Crippen LogP contribution in [0.1, 0.15) is 53.5 Å². The van der Waals surface area contributed by atoms with Crippen LogP contribution in [0.4, 0.5) is 5.95 Å². The zero-order chi connectivity index (χ0) is 17.4. The van der Waals surface area contributed by atoms with E-state index >= 15 is 0 Å². The van der Waals surface area contributed by atoms with Gasteiger partial charge in [0.25, 0.3) is 11.5 Å². The molecule has 1 saturated heterocycles. The van der Waals surface area contributed by atoms with E-state index in [1.54, 1.807) is 13.0 Å². The van der Waals surface area contributed by atoms with E-state index in [4.69, 9.17) is 0 Å². The maximum absolute atomic E-state index is 12.1. The van der Waals surface area contributed by atoms with E-state index in [9.17, 15) is 9.59 Å². The van der Waals surface area contributed by atoms with Crippen molar-refractivity contribution in [1.29, 1.82) is 0 Å². The average Bonchev–Trinajstić information content (AvgIpc) is 3.20. The number of hydrogen-bond acceptors (Lipinski definition) is 7. The summed E-state index contributed by atoms with van der Waals surface area (Å²) in [6, 6.07) is 1.61. The summed E-state index contributed by atoms with van der Waals surface area (Å²) in [6.07, 6.45) is 3.77. The van der Waals surface area contributed by atoms with Crippen LogP contribution in [-0.4, -0.2) is 45.3 Å². The van der Waals surface area contributed by atoms with E-state index in [1.807, 2.05) is 0 Å². The third-order valence-electron chi connectivity index (χ3n) is 4.91. The van der Waals surface area contributed by atoms with Crippen molar-refractivity contribution in [3.63, 3.8) is 0 Å². The first kappa shape index (κ1) is 15.8. The minimum atomic E-state index is -0.279. The van der Waals surface area contributed by atoms with Crippen molar-refractivity contribution in [3.8, 4) is 0 Å². The van der Waals surface area contributed by atoms with Crippen LogP contribution >= 0.6 is 0 Å². The molecule has 2 N–H and O–H groups in total. The van der Waals surface area contributed by atoms with Gasteiger partial charge in [-0.25, -0.2) is 9.61 Å². The molecule has 9 nitrogen and oxygen atoms in total. The Bertz CT molecular complexity index is 832. The lowest BCUT2D eigenvalue weighted by Gasteiger charge is -2.35. The van der Waals surface area contributed by atoms with E-state index in [0.717, 1.165) is 44.5 Å². The number of rotatable bonds is 4. The Morgan fingerprint density at radius 3 is 2.76 bits per heavy atom. The zero-order valence-electron chi connectivity index (χ0n) is 14.0. The van der Waals surface area contributed by atoms with Crippen LogP contribution in [0.25, 0.3) is 0 Å². The molecule has 1 saturated carbocycles. The van der Waals surface area contributed by atoms with Gasteiger partial charge in [-0.3, -0.25) is 14.6 Å². The Hall–Kier alpha value is -2.71. The molecule has 1 aliphatic heterocycles. The third-order valence-corrected chi connectivity index (χ3v) is 4.91. The molecule has 4 rings (SSSR count). The Balaban J connectivity index is 1.39. The van der Waals surface area contributed by atoms with Crippen LogP contribution in [0, 0.1) is 6.92 Å². The summed E-state index contributed by atoms with van der Waals surface area (Å²) in [4.78, 5) is 33.6. The molecule has 1 aliphatic carbocycles. The number of carbonyl (C=O) groups excluding carboxylic acids is 1. The molecule has 2 aromatic heterocycles. The molecule has 132 valence electrons. The molecule has 2 aromatic rings. The fraction of sp³-hybridized carbons (Fsp3) is 0.562. The molecule has 0 bridgehead atoms. The summed E-state index contributed by atoms with van der Waals surface area (Å²) in [5.74, 6) is 0.570. The lowest BCUT2D eigenvalue weighted by Crippen LogP contribution is -2.44. The molecular formula is C16H20N6O3. The summed E-state index contributed by atoms with van der Waals surface area (Å²) < 4.78 is 4.55. The highest BCUT2D eigenvalue weighted by atomic mass is 16.6. The SMILES string of the molecule is Cc1nonc1C(=O)NC1CC(c2cc(=O)[nH]c(N3CCCC3)n2)C1. The summed E-state index contributed by atoms with van der Waals surface area (Å²) >= 11 is 0. The minimum Gasteiger partial charge on any atom is -0.348 e. The number of amides is 1. The maximum atomic E-state index is 12.1. The van der Waals surface area contributed by atoms with Crippen LogP contribution in [0.5, 0.6) is 0 Å². The van der Waals surface area contributed by atoms with Gasteiger partial charge in [-0.1, -0.05) is 5.16 Å². The molecule has 9 heteroatoms. The summed E-state index contributed by atoms with van der Waals surface area (Å²) in [5.41, 5.74) is 1.37. The van der Waals surface area contributed by atoms with Crippen molar-refractivity contribution in [1.82, 2.24) is 25.6 Å². The van der Waals surface area contributed by atoms with E-state index in [2.05, 4.69) is 35.1 Å². The van der Waals surface area contributed by atoms with Crippen molar-refractivity contribution in [2.75, 3.05) is 18.0 Å². The Kier molecular flexibility index (Phi) is 3.98. The van der Waals surface area contributed by atoms with Crippen LogP contribution in [-0.2, 0) is 0 Å². The molecule has 3 heterocycles. The highest BCUT2D eigenvalue weighted by Crippen LogP contribution is 2.36. The van der Waals surface area contributed by atoms with Gasteiger partial charge >= 0.3 is 0 Å². The Morgan fingerprint density at radius 2 is 2.08 bits per heavy atom. The molecule has 0 aromatic carbocycles. The highest BCUT2D eigenvalue weighted by molar-refractivity contribution is 5.93. The van der Waals surface area contributed by atoms with Crippen molar-refractivity contribution in [2.24, 2.45) is 0 Å². The second-order valence-electron chi connectivity index (χ2n) is 6.72. The molecule has 0 unspecified atom stereocenters. The number of anilines is 1. The van der Waals surface area contributed by atoms with Crippen molar-refractivity contribution < 1.29 is 9.42 Å². The second kappa shape index (κ2) is 6.30. The summed E-state index contributed by atoms with van der Waals surface area (Å²) in [5, 5.41) is 10.1. The van der Waals surface area contributed by atoms with E-state index in [1.165, 1.54) is 0 Å². The smallest absolute Gasteiger partial charge is 0.275 e. The van der Waals surface area contributed by atoms with Gasteiger partial charge < -0.3 is 10.2 Å². The number of aromatic amines is 1. The average molecular weight is 344 g/mol. The molecular weight excluding hydrogens is 324 g/mol. The van der Waals surface area contributed by atoms with E-state index in [-0.39, 0.29) is 29.1 Å². The maximum Gasteiger partial charge on any atom is 0.275 e. The van der Waals surface area contributed by atoms with E-state index < -0.39 is 0 Å². The number of aromatic nitrogens is 4. The topological polar surface area (TPSA) is 117 Å². The van der Waals surface area contributed by atoms with Crippen molar-refractivity contribution in [3.05, 3.63) is 33.5 Å². The number of H-pyrrole nitrogens is 1. The van der Waals surface area contributed by atoms with Gasteiger partial charge in [-0.05, 0) is 37.8 Å². The first-order valence-corrected chi connectivity index (χ1v) is 8.56. The zero-order valence-corrected chi connectivity index (χ0v) is 14.0. The fourth-order valence-electron chi connectivity index (χ4n) is 3.42. The molecule has 1 amide bonds. The molecule has 0 atom stereocenters. The first-order valence-electron chi connectivity index (χ1n) is 8.56. The van der Waals surface area contributed by atoms with Crippen LogP contribution in [0.15, 0.2) is 15.5 Å². The summed E-state index contributed by atoms with van der Waals surface area (Å²) in [7, 11) is 0. The predicted octanol–water partition coefficient (Wildman–Crippen LogP) is 0.738. The Morgan fingerprint density at radius 1 is 1.32 bits per heavy atom. The third kappa shape index (κ3) is 3.13. The number of hydrogen-bond donors (Lipinski definition) is 2. The van der Waals surface area contributed by atoms with Gasteiger partial charge in [-0.15, -0.1) is 0 Å². The Labute approximate surface area is 143 Å². The predicted molar refractivity (Wildman–Crippen MR) is 88.6 cm³/mol. The second-order valence-corrected chi connectivity index (χ2v) is 6.72. The quantitative estimate of drug-likeness (QED) is 0.840. The number of carbonyl (C=O) groups is 1. The largest absolute Gasteiger partial charge is 0.348 e. The normalized spacial score (nSPS) is 22.7. The molecule has 2 fully saturated rings. The molecule has 25 heavy (non-hydrogen) atoms. The standard InChI is InChI=1S/C16H20N6O3/c1-9-14(21-25-20-9)15(24)17-11-6-10(7-11)12-8-13(23)19-16(18-12)22-4-2-3-5-22/h8,10-11H,2-7H2,1H3,(H,17,24)(H,18,19,23). The van der Waals surface area contributed by atoms with Gasteiger partial charge in [0.15, 0.2) is 5.69 Å². The highest BCUT2D eigenvalue weighted by Gasteiger charge is 2.34. The van der Waals surface area contributed by atoms with Crippen molar-refractivity contribution >= 4 is 11.9 Å². The van der Waals surface area contributed by atoms with Gasteiger partial charge in [0, 0.05) is 31.1 Å². The molecule has 0 spiro atoms. The van der Waals surface area contributed by atoms with E-state index in [0.29, 0.717) is 11.6 Å². The fourth-order valence-corrected chi connectivity index (χ4v) is 3.42. The van der Waals surface area contributed by atoms with Crippen LogP contribution in [0.2, 0.25) is 0 Å². The number of aryl methyl sites for hydroxylation is 1. The van der Waals surface area contributed by atoms with Gasteiger partial charge in [0.05, 0.1) is 5.69 Å². The molecule has 2 aliphatic rings. The van der Waals surface area contributed by atoms with Crippen LogP contribution < -0.4 is 15.8 Å². The molecule has 0 radical (unpaired) electrons.